The van der Waals surface area contributed by atoms with Crippen molar-refractivity contribution in [2.75, 3.05) is 5.75 Å². The molecule has 0 heterocycles. The summed E-state index contributed by atoms with van der Waals surface area (Å²) < 4.78 is 0. The molecule has 6 heavy (non-hydrogen) atoms. The summed E-state index contributed by atoms with van der Waals surface area (Å²) in [6.45, 7) is 0. The van der Waals surface area contributed by atoms with Crippen LogP contribution in [-0.4, -0.2) is 16.8 Å². The quantitative estimate of drug-likeness (QED) is 0.285. The van der Waals surface area contributed by atoms with Gasteiger partial charge in [-0.15, -0.1) is 0 Å². The van der Waals surface area contributed by atoms with Crippen molar-refractivity contribution in [3.8, 4) is 0 Å². The first-order chi connectivity index (χ1) is 2.27. The van der Waals surface area contributed by atoms with Crippen molar-refractivity contribution in [3.05, 3.63) is 0 Å². The van der Waals surface area contributed by atoms with E-state index in [0.29, 0.717) is 0 Å². The molecule has 0 atom stereocenters. The molecule has 4 heteroatoms. The van der Waals surface area contributed by atoms with Crippen LogP contribution in [0.3, 0.4) is 0 Å². The first kappa shape index (κ1) is 9.94. The minimum Gasteiger partial charge on any atom is -1.00 e. The van der Waals surface area contributed by atoms with Crippen molar-refractivity contribution in [1.29, 1.82) is 0 Å². The number of hydrogen-bond acceptors (Lipinski definition) is 2. The molecule has 0 spiro atoms. The van der Waals surface area contributed by atoms with E-state index in [1.807, 2.05) is 0 Å². The molecule has 0 radical (unpaired) electrons. The van der Waals surface area contributed by atoms with Crippen LogP contribution in [0.1, 0.15) is 1.43 Å². The zero-order chi connectivity index (χ0) is 4.28. The molecule has 0 saturated heterocycles. The van der Waals surface area contributed by atoms with Gasteiger partial charge in [0.25, 0.3) is 0 Å². The summed E-state index contributed by atoms with van der Waals surface area (Å²) in [6, 6.07) is 0. The Labute approximate surface area is 65.1 Å². The van der Waals surface area contributed by atoms with Gasteiger partial charge >= 0.3 is 35.5 Å². The molecule has 0 aromatic carbocycles. The molecule has 2 nitrogen and oxygen atoms in total. The SMILES string of the molecule is O=C(O)CS.[H-].[Na+]. The van der Waals surface area contributed by atoms with E-state index in [4.69, 9.17) is 5.11 Å². The van der Waals surface area contributed by atoms with E-state index in [1.165, 1.54) is 0 Å². The van der Waals surface area contributed by atoms with Crippen LogP contribution >= 0.6 is 12.6 Å². The van der Waals surface area contributed by atoms with Crippen LogP contribution in [0, 0.1) is 0 Å². The second-order valence-corrected chi connectivity index (χ2v) is 0.868. The van der Waals surface area contributed by atoms with E-state index < -0.39 is 5.97 Å². The molecule has 0 saturated carbocycles. The van der Waals surface area contributed by atoms with Crippen LogP contribution in [0.4, 0.5) is 0 Å². The van der Waals surface area contributed by atoms with Gasteiger partial charge in [-0.25, -0.2) is 0 Å². The van der Waals surface area contributed by atoms with Crippen LogP contribution in [0.5, 0.6) is 0 Å². The first-order valence-corrected chi connectivity index (χ1v) is 1.73. The Balaban J connectivity index is -0.0000000800. The van der Waals surface area contributed by atoms with Gasteiger partial charge in [-0.1, -0.05) is 0 Å². The zero-order valence-electron chi connectivity index (χ0n) is 4.51. The first-order valence-electron chi connectivity index (χ1n) is 1.10. The van der Waals surface area contributed by atoms with Crippen molar-refractivity contribution in [3.63, 3.8) is 0 Å². The molecular weight excluding hydrogens is 111 g/mol. The van der Waals surface area contributed by atoms with Crippen LogP contribution in [0.25, 0.3) is 0 Å². The van der Waals surface area contributed by atoms with Crippen molar-refractivity contribution in [2.24, 2.45) is 0 Å². The summed E-state index contributed by atoms with van der Waals surface area (Å²) in [6.07, 6.45) is 0. The third-order valence-corrected chi connectivity index (χ3v) is 0.406. The molecule has 0 aliphatic carbocycles. The molecule has 1 N–H and O–H groups in total. The average molecular weight is 116 g/mol. The Morgan fingerprint density at radius 2 is 2.17 bits per heavy atom. The minimum atomic E-state index is -0.881. The number of thiol groups is 1. The molecule has 0 unspecified atom stereocenters. The molecule has 0 aliphatic rings. The largest absolute Gasteiger partial charge is 1.00 e. The van der Waals surface area contributed by atoms with E-state index in [1.54, 1.807) is 0 Å². The molecule has 0 aliphatic heterocycles. The second kappa shape index (κ2) is 5.82. The van der Waals surface area contributed by atoms with Crippen molar-refractivity contribution < 1.29 is 40.9 Å². The van der Waals surface area contributed by atoms with Gasteiger partial charge in [0, 0.05) is 0 Å². The molecule has 0 aromatic heterocycles. The van der Waals surface area contributed by atoms with Crippen molar-refractivity contribution in [1.82, 2.24) is 0 Å². The number of aliphatic carboxylic acids is 1. The second-order valence-electron chi connectivity index (χ2n) is 0.552. The Bertz CT molecular complexity index is 51.0. The van der Waals surface area contributed by atoms with Gasteiger partial charge in [0.2, 0.25) is 0 Å². The Hall–Kier alpha value is 0.820. The normalized spacial score (nSPS) is 6.17. The number of carboxylic acid groups (broad SMARTS) is 1. The van der Waals surface area contributed by atoms with Gasteiger partial charge in [0.05, 0.1) is 5.75 Å². The Morgan fingerprint density at radius 3 is 2.17 bits per heavy atom. The van der Waals surface area contributed by atoms with Gasteiger partial charge in [-0.2, -0.15) is 12.6 Å². The minimum absolute atomic E-state index is 0. The number of rotatable bonds is 1. The van der Waals surface area contributed by atoms with E-state index in [-0.39, 0.29) is 36.7 Å². The average Bonchev–Trinajstić information content (AvgIpc) is 1.38. The van der Waals surface area contributed by atoms with Crippen LogP contribution in [0.15, 0.2) is 0 Å². The number of hydrogen-bond donors (Lipinski definition) is 2. The topological polar surface area (TPSA) is 37.3 Å². The van der Waals surface area contributed by atoms with Gasteiger partial charge in [-0.05, 0) is 0 Å². The fraction of sp³-hybridized carbons (Fsp3) is 0.500. The smallest absolute Gasteiger partial charge is 1.00 e. The van der Waals surface area contributed by atoms with Gasteiger partial charge in [0.15, 0.2) is 0 Å². The molecule has 0 rings (SSSR count). The van der Waals surface area contributed by atoms with Crippen LogP contribution in [0.2, 0.25) is 0 Å². The van der Waals surface area contributed by atoms with Crippen LogP contribution in [-0.2, 0) is 4.79 Å². The number of carbonyl (C=O) groups is 1. The summed E-state index contributed by atoms with van der Waals surface area (Å²) in [5, 5.41) is 7.65. The number of carboxylic acids is 1. The van der Waals surface area contributed by atoms with Gasteiger partial charge < -0.3 is 6.53 Å². The van der Waals surface area contributed by atoms with E-state index in [2.05, 4.69) is 12.6 Å². The molecule has 0 amide bonds. The zero-order valence-corrected chi connectivity index (χ0v) is 6.40. The fourth-order valence-corrected chi connectivity index (χ4v) is 0. The summed E-state index contributed by atoms with van der Waals surface area (Å²) in [7, 11) is 0. The summed E-state index contributed by atoms with van der Waals surface area (Å²) >= 11 is 3.42. The molecule has 0 bridgehead atoms. The molecular formula is C2H5NaO2S. The van der Waals surface area contributed by atoms with Gasteiger partial charge in [-0.3, -0.25) is 4.79 Å². The predicted octanol–water partition coefficient (Wildman–Crippen LogP) is -2.88. The van der Waals surface area contributed by atoms with E-state index in [0.717, 1.165) is 0 Å². The summed E-state index contributed by atoms with van der Waals surface area (Å²) in [5.41, 5.74) is 0. The Kier molecular flexibility index (Phi) is 9.65. The third-order valence-electron chi connectivity index (χ3n) is 0.135. The fourth-order valence-electron chi connectivity index (χ4n) is 0. The Morgan fingerprint density at radius 1 is 2.00 bits per heavy atom. The maximum Gasteiger partial charge on any atom is 1.00 e. The summed E-state index contributed by atoms with van der Waals surface area (Å²) in [4.78, 5) is 9.29. The monoisotopic (exact) mass is 116 g/mol. The van der Waals surface area contributed by atoms with Gasteiger partial charge in [0.1, 0.15) is 0 Å². The van der Waals surface area contributed by atoms with E-state index >= 15 is 0 Å². The maximum atomic E-state index is 9.29. The summed E-state index contributed by atoms with van der Waals surface area (Å²) in [5.74, 6) is -0.965. The van der Waals surface area contributed by atoms with Crippen molar-refractivity contribution in [2.45, 2.75) is 0 Å². The maximum absolute atomic E-state index is 9.29. The predicted molar refractivity (Wildman–Crippen MR) is 22.6 cm³/mol. The molecule has 0 aromatic rings. The van der Waals surface area contributed by atoms with Crippen molar-refractivity contribution >= 4 is 18.6 Å². The van der Waals surface area contributed by atoms with E-state index in [9.17, 15) is 4.79 Å². The third kappa shape index (κ3) is 8.84. The molecule has 0 fully saturated rings. The van der Waals surface area contributed by atoms with Crippen LogP contribution < -0.4 is 29.6 Å². The standard InChI is InChI=1S/C2H4O2S.Na.H/c3-2(4)1-5;;/h5H,1H2,(H,3,4);;/q;+1;-1. The molecule has 32 valence electrons.